The van der Waals surface area contributed by atoms with Crippen LogP contribution in [-0.4, -0.2) is 48.4 Å². The third-order valence-corrected chi connectivity index (χ3v) is 4.65. The fraction of sp³-hybridized carbons (Fsp3) is 0.562. The molecule has 1 amide bonds. The van der Waals surface area contributed by atoms with Gasteiger partial charge in [-0.3, -0.25) is 9.69 Å². The molecule has 1 aliphatic rings. The Kier molecular flexibility index (Phi) is 10.1. The fourth-order valence-electron chi connectivity index (χ4n) is 2.75. The predicted octanol–water partition coefficient (Wildman–Crippen LogP) is 2.98. The average molecular weight is 383 g/mol. The van der Waals surface area contributed by atoms with E-state index >= 15 is 0 Å². The van der Waals surface area contributed by atoms with Crippen molar-refractivity contribution < 1.29 is 4.79 Å². The first kappa shape index (κ1) is 22.5. The minimum atomic E-state index is -0.0856. The molecule has 2 atom stereocenters. The number of hydrogen-bond acceptors (Lipinski definition) is 3. The number of piperazine rings is 1. The fourth-order valence-corrected chi connectivity index (χ4v) is 3.05. The van der Waals surface area contributed by atoms with Crippen LogP contribution in [0.4, 0.5) is 0 Å². The van der Waals surface area contributed by atoms with Gasteiger partial charge in [-0.25, -0.2) is 0 Å². The van der Waals surface area contributed by atoms with E-state index in [2.05, 4.69) is 17.9 Å². The van der Waals surface area contributed by atoms with E-state index in [1.165, 1.54) is 0 Å². The largest absolute Gasteiger partial charge is 0.340 e. The molecule has 2 N–H and O–H groups in total. The number of rotatable bonds is 4. The summed E-state index contributed by atoms with van der Waals surface area (Å²) in [7, 11) is 0. The van der Waals surface area contributed by atoms with Crippen molar-refractivity contribution in [2.24, 2.45) is 11.7 Å². The van der Waals surface area contributed by atoms with Crippen LogP contribution < -0.4 is 5.73 Å². The van der Waals surface area contributed by atoms with Gasteiger partial charge in [0, 0.05) is 49.7 Å². The molecule has 0 aromatic heterocycles. The smallest absolute Gasteiger partial charge is 0.226 e. The maximum atomic E-state index is 12.1. The summed E-state index contributed by atoms with van der Waals surface area (Å²) in [4.78, 5) is 16.4. The summed E-state index contributed by atoms with van der Waals surface area (Å²) < 4.78 is 0. The number of nitrogens with zero attached hydrogens (tertiary/aromatic N) is 2. The highest BCUT2D eigenvalue weighted by atomic mass is 35.5. The molecule has 1 fully saturated rings. The SMILES string of the molecule is CC(CN)C(=O)N1CCN(C(C)c2ccccc2Cl)CC1.Cl.Cl. The van der Waals surface area contributed by atoms with Gasteiger partial charge in [0.1, 0.15) is 0 Å². The topological polar surface area (TPSA) is 49.6 Å². The zero-order valence-corrected chi connectivity index (χ0v) is 16.0. The van der Waals surface area contributed by atoms with Crippen LogP contribution in [0, 0.1) is 5.92 Å². The van der Waals surface area contributed by atoms with Crippen LogP contribution >= 0.6 is 36.4 Å². The molecule has 1 heterocycles. The van der Waals surface area contributed by atoms with Crippen LogP contribution in [-0.2, 0) is 4.79 Å². The molecule has 23 heavy (non-hydrogen) atoms. The molecule has 1 aliphatic heterocycles. The lowest BCUT2D eigenvalue weighted by Crippen LogP contribution is -2.51. The summed E-state index contributed by atoms with van der Waals surface area (Å²) in [5.41, 5.74) is 6.72. The molecule has 0 aliphatic carbocycles. The van der Waals surface area contributed by atoms with Crippen molar-refractivity contribution in [1.82, 2.24) is 9.80 Å². The Morgan fingerprint density at radius 3 is 2.26 bits per heavy atom. The van der Waals surface area contributed by atoms with E-state index in [1.807, 2.05) is 30.0 Å². The molecular formula is C16H26Cl3N3O. The Morgan fingerprint density at radius 2 is 1.74 bits per heavy atom. The molecule has 4 nitrogen and oxygen atoms in total. The first-order valence-corrected chi connectivity index (χ1v) is 7.89. The van der Waals surface area contributed by atoms with Crippen molar-refractivity contribution in [3.8, 4) is 0 Å². The Labute approximate surface area is 156 Å². The number of amides is 1. The number of hydrogen-bond donors (Lipinski definition) is 1. The summed E-state index contributed by atoms with van der Waals surface area (Å²) in [6.07, 6.45) is 0. The van der Waals surface area contributed by atoms with E-state index < -0.39 is 0 Å². The Hall–Kier alpha value is -0.520. The average Bonchev–Trinajstić information content (AvgIpc) is 2.53. The Balaban J connectivity index is 0.00000242. The van der Waals surface area contributed by atoms with E-state index in [1.54, 1.807) is 0 Å². The monoisotopic (exact) mass is 381 g/mol. The summed E-state index contributed by atoms with van der Waals surface area (Å²) in [5, 5.41) is 0.806. The molecule has 7 heteroatoms. The van der Waals surface area contributed by atoms with E-state index in [9.17, 15) is 4.79 Å². The van der Waals surface area contributed by atoms with Crippen LogP contribution in [0.25, 0.3) is 0 Å². The Bertz CT molecular complexity index is 493. The zero-order chi connectivity index (χ0) is 15.4. The van der Waals surface area contributed by atoms with Crippen molar-refractivity contribution in [3.05, 3.63) is 34.9 Å². The lowest BCUT2D eigenvalue weighted by atomic mass is 10.1. The van der Waals surface area contributed by atoms with Crippen LogP contribution in [0.5, 0.6) is 0 Å². The lowest BCUT2D eigenvalue weighted by Gasteiger charge is -2.39. The number of nitrogens with two attached hydrogens (primary N) is 1. The van der Waals surface area contributed by atoms with E-state index in [4.69, 9.17) is 17.3 Å². The summed E-state index contributed by atoms with van der Waals surface area (Å²) in [6, 6.07) is 8.23. The van der Waals surface area contributed by atoms with Gasteiger partial charge in [-0.2, -0.15) is 0 Å². The molecule has 132 valence electrons. The molecule has 2 unspecified atom stereocenters. The van der Waals surface area contributed by atoms with Gasteiger partial charge in [-0.05, 0) is 18.6 Å². The van der Waals surface area contributed by atoms with Crippen molar-refractivity contribution in [2.45, 2.75) is 19.9 Å². The number of halogens is 3. The third-order valence-electron chi connectivity index (χ3n) is 4.30. The van der Waals surface area contributed by atoms with Gasteiger partial charge in [-0.1, -0.05) is 36.7 Å². The summed E-state index contributed by atoms with van der Waals surface area (Å²) >= 11 is 6.27. The van der Waals surface area contributed by atoms with Crippen molar-refractivity contribution in [3.63, 3.8) is 0 Å². The van der Waals surface area contributed by atoms with Crippen LogP contribution in [0.1, 0.15) is 25.5 Å². The van der Waals surface area contributed by atoms with Gasteiger partial charge in [0.05, 0.1) is 0 Å². The molecule has 1 aromatic carbocycles. The van der Waals surface area contributed by atoms with Crippen molar-refractivity contribution >= 4 is 42.3 Å². The molecule has 0 saturated carbocycles. The van der Waals surface area contributed by atoms with E-state index in [0.717, 1.165) is 36.8 Å². The Morgan fingerprint density at radius 1 is 1.17 bits per heavy atom. The van der Waals surface area contributed by atoms with Crippen LogP contribution in [0.15, 0.2) is 24.3 Å². The van der Waals surface area contributed by atoms with Crippen LogP contribution in [0.2, 0.25) is 5.02 Å². The van der Waals surface area contributed by atoms with Gasteiger partial charge < -0.3 is 10.6 Å². The van der Waals surface area contributed by atoms with E-state index in [0.29, 0.717) is 6.54 Å². The summed E-state index contributed by atoms with van der Waals surface area (Å²) in [5.74, 6) is 0.0834. The minimum absolute atomic E-state index is 0. The highest BCUT2D eigenvalue weighted by molar-refractivity contribution is 6.31. The molecule has 0 bridgehead atoms. The number of carbonyl (C=O) groups is 1. The van der Waals surface area contributed by atoms with Gasteiger partial charge in [0.15, 0.2) is 0 Å². The number of benzene rings is 1. The van der Waals surface area contributed by atoms with Gasteiger partial charge >= 0.3 is 0 Å². The second kappa shape index (κ2) is 10.4. The first-order valence-electron chi connectivity index (χ1n) is 7.52. The molecule has 2 rings (SSSR count). The van der Waals surface area contributed by atoms with Gasteiger partial charge in [-0.15, -0.1) is 24.8 Å². The second-order valence-electron chi connectivity index (χ2n) is 5.70. The maximum absolute atomic E-state index is 12.1. The molecule has 1 aromatic rings. The van der Waals surface area contributed by atoms with Gasteiger partial charge in [0.25, 0.3) is 0 Å². The van der Waals surface area contributed by atoms with Gasteiger partial charge in [0.2, 0.25) is 5.91 Å². The highest BCUT2D eigenvalue weighted by Crippen LogP contribution is 2.27. The minimum Gasteiger partial charge on any atom is -0.340 e. The van der Waals surface area contributed by atoms with E-state index in [-0.39, 0.29) is 42.7 Å². The standard InChI is InChI=1S/C16H24ClN3O.2ClH/c1-12(11-18)16(21)20-9-7-19(8-10-20)13(2)14-5-3-4-6-15(14)17;;/h3-6,12-13H,7-11,18H2,1-2H3;2*1H. The predicted molar refractivity (Wildman–Crippen MR) is 101 cm³/mol. The lowest BCUT2D eigenvalue weighted by molar-refractivity contribution is -0.136. The zero-order valence-electron chi connectivity index (χ0n) is 13.6. The van der Waals surface area contributed by atoms with Crippen molar-refractivity contribution in [1.29, 1.82) is 0 Å². The van der Waals surface area contributed by atoms with Crippen LogP contribution in [0.3, 0.4) is 0 Å². The molecule has 0 radical (unpaired) electrons. The molecular weight excluding hydrogens is 357 g/mol. The second-order valence-corrected chi connectivity index (χ2v) is 6.10. The molecule has 0 spiro atoms. The third kappa shape index (κ3) is 5.50. The number of carbonyl (C=O) groups excluding carboxylic acids is 1. The first-order chi connectivity index (χ1) is 10.0. The summed E-state index contributed by atoms with van der Waals surface area (Å²) in [6.45, 7) is 7.73. The molecule has 1 saturated heterocycles. The normalized spacial score (nSPS) is 17.7. The van der Waals surface area contributed by atoms with Crippen molar-refractivity contribution in [2.75, 3.05) is 32.7 Å². The maximum Gasteiger partial charge on any atom is 0.226 e. The quantitative estimate of drug-likeness (QED) is 0.871. The highest BCUT2D eigenvalue weighted by Gasteiger charge is 2.27.